The van der Waals surface area contributed by atoms with E-state index in [1.165, 1.54) is 0 Å². The van der Waals surface area contributed by atoms with Gasteiger partial charge in [-0.25, -0.2) is 0 Å². The summed E-state index contributed by atoms with van der Waals surface area (Å²) >= 11 is 0. The molecule has 0 radical (unpaired) electrons. The third-order valence-electron chi connectivity index (χ3n) is 3.61. The number of hydrogen-bond donors (Lipinski definition) is 2. The fraction of sp³-hybridized carbons (Fsp3) is 1.00. The lowest BCUT2D eigenvalue weighted by molar-refractivity contribution is 0.238. The molecule has 5 nitrogen and oxygen atoms in total. The first-order valence-corrected chi connectivity index (χ1v) is 8.83. The van der Waals surface area contributed by atoms with E-state index in [9.17, 15) is 8.42 Å². The molecule has 6 heteroatoms. The average molecular weight is 291 g/mol. The monoisotopic (exact) mass is 291 g/mol. The molecule has 0 aromatic rings. The van der Waals surface area contributed by atoms with E-state index in [-0.39, 0.29) is 12.1 Å². The van der Waals surface area contributed by atoms with Crippen molar-refractivity contribution in [2.75, 3.05) is 13.1 Å². The fourth-order valence-corrected chi connectivity index (χ4v) is 4.02. The Morgan fingerprint density at radius 3 is 2.53 bits per heavy atom. The zero-order valence-electron chi connectivity index (χ0n) is 12.6. The maximum atomic E-state index is 12.4. The van der Waals surface area contributed by atoms with E-state index in [1.54, 1.807) is 4.31 Å². The van der Waals surface area contributed by atoms with Crippen molar-refractivity contribution in [3.63, 3.8) is 0 Å². The van der Waals surface area contributed by atoms with Gasteiger partial charge in [-0.1, -0.05) is 27.2 Å². The van der Waals surface area contributed by atoms with Crippen LogP contribution in [-0.2, 0) is 10.2 Å². The molecule has 1 aliphatic rings. The van der Waals surface area contributed by atoms with Crippen LogP contribution in [0.1, 0.15) is 53.4 Å². The van der Waals surface area contributed by atoms with Crippen LogP contribution < -0.4 is 10.0 Å². The van der Waals surface area contributed by atoms with Crippen LogP contribution in [0.3, 0.4) is 0 Å². The summed E-state index contributed by atoms with van der Waals surface area (Å²) in [4.78, 5) is 0. The van der Waals surface area contributed by atoms with Crippen molar-refractivity contribution >= 4 is 10.2 Å². The summed E-state index contributed by atoms with van der Waals surface area (Å²) in [7, 11) is -3.35. The normalized spacial score (nSPS) is 23.7. The molecular weight excluding hydrogens is 262 g/mol. The summed E-state index contributed by atoms with van der Waals surface area (Å²) in [6.07, 6.45) is 3.82. The Labute approximate surface area is 118 Å². The molecule has 0 aliphatic carbocycles. The number of nitrogens with one attached hydrogen (secondary N) is 2. The van der Waals surface area contributed by atoms with Gasteiger partial charge in [-0.3, -0.25) is 0 Å². The van der Waals surface area contributed by atoms with Gasteiger partial charge in [0.05, 0.1) is 0 Å². The van der Waals surface area contributed by atoms with Gasteiger partial charge in [0.15, 0.2) is 0 Å². The van der Waals surface area contributed by atoms with E-state index < -0.39 is 10.2 Å². The van der Waals surface area contributed by atoms with Crippen molar-refractivity contribution < 1.29 is 8.42 Å². The Bertz CT molecular complexity index is 357. The van der Waals surface area contributed by atoms with E-state index in [0.717, 1.165) is 32.2 Å². The van der Waals surface area contributed by atoms with Crippen LogP contribution in [0.15, 0.2) is 0 Å². The highest BCUT2D eigenvalue weighted by atomic mass is 32.2. The van der Waals surface area contributed by atoms with Gasteiger partial charge in [-0.05, 0) is 26.2 Å². The van der Waals surface area contributed by atoms with E-state index in [0.29, 0.717) is 12.6 Å². The smallest absolute Gasteiger partial charge is 0.279 e. The minimum Gasteiger partial charge on any atom is -0.313 e. The quantitative estimate of drug-likeness (QED) is 0.747. The van der Waals surface area contributed by atoms with Crippen molar-refractivity contribution in [3.05, 3.63) is 0 Å². The summed E-state index contributed by atoms with van der Waals surface area (Å²) < 4.78 is 29.2. The predicted molar refractivity (Wildman–Crippen MR) is 79.3 cm³/mol. The first-order chi connectivity index (χ1) is 8.86. The molecule has 0 saturated carbocycles. The summed E-state index contributed by atoms with van der Waals surface area (Å²) in [6.45, 7) is 9.43. The van der Waals surface area contributed by atoms with Crippen LogP contribution in [0, 0.1) is 0 Å². The van der Waals surface area contributed by atoms with Gasteiger partial charge in [-0.2, -0.15) is 17.4 Å². The second-order valence-corrected chi connectivity index (χ2v) is 7.41. The van der Waals surface area contributed by atoms with Gasteiger partial charge in [0, 0.05) is 31.2 Å². The number of rotatable bonds is 7. The molecule has 1 rings (SSSR count). The van der Waals surface area contributed by atoms with Crippen LogP contribution in [0.25, 0.3) is 0 Å². The molecule has 19 heavy (non-hydrogen) atoms. The summed E-state index contributed by atoms with van der Waals surface area (Å²) in [5.41, 5.74) is 0. The van der Waals surface area contributed by atoms with Crippen molar-refractivity contribution in [1.29, 1.82) is 0 Å². The lowest BCUT2D eigenvalue weighted by Crippen LogP contribution is -2.54. The molecule has 1 aliphatic heterocycles. The van der Waals surface area contributed by atoms with Gasteiger partial charge in [0.25, 0.3) is 10.2 Å². The van der Waals surface area contributed by atoms with Gasteiger partial charge in [-0.15, -0.1) is 0 Å². The molecule has 114 valence electrons. The zero-order valence-corrected chi connectivity index (χ0v) is 13.5. The average Bonchev–Trinajstić information content (AvgIpc) is 2.36. The first kappa shape index (κ1) is 16.9. The van der Waals surface area contributed by atoms with Crippen LogP contribution in [-0.4, -0.2) is 43.9 Å². The van der Waals surface area contributed by atoms with Crippen molar-refractivity contribution in [2.45, 2.75) is 71.5 Å². The lowest BCUT2D eigenvalue weighted by Gasteiger charge is -2.35. The van der Waals surface area contributed by atoms with Crippen molar-refractivity contribution in [1.82, 2.24) is 14.3 Å². The predicted octanol–water partition coefficient (Wildman–Crippen LogP) is 1.47. The second-order valence-electron chi connectivity index (χ2n) is 5.76. The van der Waals surface area contributed by atoms with E-state index in [2.05, 4.69) is 23.9 Å². The highest BCUT2D eigenvalue weighted by Gasteiger charge is 2.32. The Balaban J connectivity index is 2.69. The maximum Gasteiger partial charge on any atom is 0.279 e. The summed E-state index contributed by atoms with van der Waals surface area (Å²) in [5, 5.41) is 3.35. The third-order valence-corrected chi connectivity index (χ3v) is 5.40. The molecule has 0 aromatic carbocycles. The Kier molecular flexibility index (Phi) is 6.73. The Morgan fingerprint density at radius 1 is 1.26 bits per heavy atom. The fourth-order valence-electron chi connectivity index (χ4n) is 2.27. The van der Waals surface area contributed by atoms with Gasteiger partial charge >= 0.3 is 0 Å². The van der Waals surface area contributed by atoms with Crippen LogP contribution in [0.2, 0.25) is 0 Å². The molecule has 2 unspecified atom stereocenters. The molecule has 0 bridgehead atoms. The third kappa shape index (κ3) is 5.38. The Hall–Kier alpha value is -0.170. The molecule has 2 atom stereocenters. The summed E-state index contributed by atoms with van der Waals surface area (Å²) in [6, 6.07) is 0.456. The van der Waals surface area contributed by atoms with Crippen molar-refractivity contribution in [2.24, 2.45) is 0 Å². The maximum absolute atomic E-state index is 12.4. The largest absolute Gasteiger partial charge is 0.313 e. The molecule has 0 amide bonds. The van der Waals surface area contributed by atoms with Crippen LogP contribution in [0.5, 0.6) is 0 Å². The standard InChI is InChI=1S/C13H29N3O2S/c1-5-12(4)15-19(17,18)16-9-7-6-8-13(16)10-14-11(2)3/h11-15H,5-10H2,1-4H3. The second kappa shape index (κ2) is 7.57. The van der Waals surface area contributed by atoms with Gasteiger partial charge in [0.2, 0.25) is 0 Å². The lowest BCUT2D eigenvalue weighted by atomic mass is 10.0. The number of piperidine rings is 1. The molecule has 1 fully saturated rings. The first-order valence-electron chi connectivity index (χ1n) is 7.39. The van der Waals surface area contributed by atoms with E-state index in [1.807, 2.05) is 13.8 Å². The van der Waals surface area contributed by atoms with E-state index in [4.69, 9.17) is 0 Å². The van der Waals surface area contributed by atoms with Gasteiger partial charge in [0.1, 0.15) is 0 Å². The zero-order chi connectivity index (χ0) is 14.5. The highest BCUT2D eigenvalue weighted by molar-refractivity contribution is 7.87. The minimum absolute atomic E-state index is 0.00867. The number of hydrogen-bond acceptors (Lipinski definition) is 3. The highest BCUT2D eigenvalue weighted by Crippen LogP contribution is 2.19. The topological polar surface area (TPSA) is 61.4 Å². The Morgan fingerprint density at radius 2 is 1.95 bits per heavy atom. The minimum atomic E-state index is -3.35. The van der Waals surface area contributed by atoms with Crippen LogP contribution >= 0.6 is 0 Å². The van der Waals surface area contributed by atoms with Gasteiger partial charge < -0.3 is 5.32 Å². The number of nitrogens with zero attached hydrogens (tertiary/aromatic N) is 1. The molecule has 2 N–H and O–H groups in total. The molecule has 0 aromatic heterocycles. The molecule has 0 spiro atoms. The van der Waals surface area contributed by atoms with Crippen molar-refractivity contribution in [3.8, 4) is 0 Å². The SMILES string of the molecule is CCC(C)NS(=O)(=O)N1CCCCC1CNC(C)C. The van der Waals surface area contributed by atoms with Crippen LogP contribution in [0.4, 0.5) is 0 Å². The van der Waals surface area contributed by atoms with E-state index >= 15 is 0 Å². The summed E-state index contributed by atoms with van der Waals surface area (Å²) in [5.74, 6) is 0. The molecule has 1 heterocycles. The molecular formula is C13H29N3O2S. The molecule has 1 saturated heterocycles.